The number of aliphatic imine (C=N–C) groups is 1. The molecule has 2 N–H and O–H groups in total. The number of benzene rings is 3. The molecule has 3 aromatic carbocycles. The fourth-order valence-electron chi connectivity index (χ4n) is 5.57. The van der Waals surface area contributed by atoms with Crippen LogP contribution in [0.2, 0.25) is 0 Å². The Morgan fingerprint density at radius 2 is 1.63 bits per heavy atom. The van der Waals surface area contributed by atoms with E-state index in [0.717, 1.165) is 73.5 Å². The van der Waals surface area contributed by atoms with Crippen molar-refractivity contribution in [2.24, 2.45) is 10.9 Å². The quantitative estimate of drug-likeness (QED) is 0.373. The molecule has 2 aliphatic rings. The van der Waals surface area contributed by atoms with E-state index in [0.29, 0.717) is 11.3 Å². The van der Waals surface area contributed by atoms with Crippen LogP contribution >= 0.6 is 0 Å². The Kier molecular flexibility index (Phi) is 6.70. The van der Waals surface area contributed by atoms with Gasteiger partial charge in [0.15, 0.2) is 5.88 Å². The van der Waals surface area contributed by atoms with Gasteiger partial charge in [-0.15, -0.1) is 0 Å². The number of amides is 1. The first-order valence-corrected chi connectivity index (χ1v) is 13.3. The number of nitrogens with zero attached hydrogens (tertiary/aromatic N) is 4. The molecule has 0 radical (unpaired) electrons. The molecule has 3 heterocycles. The molecule has 0 aliphatic carbocycles. The van der Waals surface area contributed by atoms with Crippen molar-refractivity contribution in [2.45, 2.75) is 6.42 Å². The number of para-hydroxylation sites is 1. The maximum Gasteiger partial charge on any atom is 0.231 e. The Morgan fingerprint density at radius 3 is 2.39 bits per heavy atom. The third-order valence-corrected chi connectivity index (χ3v) is 7.76. The number of hydrogen-bond acceptors (Lipinski definition) is 5. The highest BCUT2D eigenvalue weighted by atomic mass is 16.3. The average molecular weight is 508 g/mol. The molecule has 6 rings (SSSR count). The van der Waals surface area contributed by atoms with E-state index in [1.807, 2.05) is 83.8 Å². The van der Waals surface area contributed by atoms with Gasteiger partial charge in [-0.25, -0.2) is 4.99 Å². The Labute approximate surface area is 223 Å². The van der Waals surface area contributed by atoms with Gasteiger partial charge in [-0.1, -0.05) is 48.5 Å². The Hall–Kier alpha value is -3.94. The summed E-state index contributed by atoms with van der Waals surface area (Å²) in [6.45, 7) is 5.78. The third-order valence-electron chi connectivity index (χ3n) is 7.76. The second-order valence-electron chi connectivity index (χ2n) is 10.3. The molecular formula is C31H33N5O2. The second kappa shape index (κ2) is 10.4. The third kappa shape index (κ3) is 4.83. The molecule has 7 nitrogen and oxygen atoms in total. The van der Waals surface area contributed by atoms with Crippen molar-refractivity contribution in [3.63, 3.8) is 0 Å². The standard InChI is InChI=1S/C31H33N5O2/c1-34-17-19-35(20-18-34)21-23-15-16-36(31(23)38)25-13-11-24(12-14-25)32-29(22-7-3-2-4-8-22)28-26-9-5-6-10-27(26)33-30(28)37/h2-14,23,33,37H,15-21H2,1H3. The highest BCUT2D eigenvalue weighted by Crippen LogP contribution is 2.32. The van der Waals surface area contributed by atoms with Crippen LogP contribution in [0.4, 0.5) is 11.4 Å². The van der Waals surface area contributed by atoms with Crippen LogP contribution in [0.25, 0.3) is 10.9 Å². The van der Waals surface area contributed by atoms with Crippen molar-refractivity contribution in [2.75, 3.05) is 51.2 Å². The summed E-state index contributed by atoms with van der Waals surface area (Å²) in [6, 6.07) is 25.6. The summed E-state index contributed by atoms with van der Waals surface area (Å²) in [5, 5.41) is 11.7. The van der Waals surface area contributed by atoms with E-state index in [1.165, 1.54) is 0 Å². The monoisotopic (exact) mass is 507 g/mol. The van der Waals surface area contributed by atoms with E-state index in [9.17, 15) is 9.90 Å². The fraction of sp³-hybridized carbons (Fsp3) is 0.290. The fourth-order valence-corrected chi connectivity index (χ4v) is 5.57. The van der Waals surface area contributed by atoms with Crippen molar-refractivity contribution in [1.82, 2.24) is 14.8 Å². The number of nitrogens with one attached hydrogen (secondary N) is 1. The molecule has 38 heavy (non-hydrogen) atoms. The molecule has 1 unspecified atom stereocenters. The van der Waals surface area contributed by atoms with Gasteiger partial charge in [0.05, 0.1) is 22.9 Å². The first-order valence-electron chi connectivity index (χ1n) is 13.3. The predicted octanol–water partition coefficient (Wildman–Crippen LogP) is 4.64. The molecule has 2 aliphatic heterocycles. The zero-order valence-corrected chi connectivity index (χ0v) is 21.7. The number of carbonyl (C=O) groups is 1. The van der Waals surface area contributed by atoms with Gasteiger partial charge in [0.25, 0.3) is 0 Å². The van der Waals surface area contributed by atoms with Crippen LogP contribution in [0.3, 0.4) is 0 Å². The van der Waals surface area contributed by atoms with Crippen molar-refractivity contribution < 1.29 is 9.90 Å². The van der Waals surface area contributed by atoms with E-state index in [1.54, 1.807) is 0 Å². The minimum atomic E-state index is 0.0608. The lowest BCUT2D eigenvalue weighted by atomic mass is 10.0. The molecule has 7 heteroatoms. The largest absolute Gasteiger partial charge is 0.494 e. The van der Waals surface area contributed by atoms with Crippen molar-refractivity contribution >= 4 is 33.9 Å². The van der Waals surface area contributed by atoms with Crippen molar-refractivity contribution in [3.05, 3.63) is 90.0 Å². The summed E-state index contributed by atoms with van der Waals surface area (Å²) in [6.07, 6.45) is 0.892. The van der Waals surface area contributed by atoms with Crippen LogP contribution in [0, 0.1) is 5.92 Å². The van der Waals surface area contributed by atoms with E-state index in [4.69, 9.17) is 4.99 Å². The summed E-state index contributed by atoms with van der Waals surface area (Å²) >= 11 is 0. The molecule has 0 bridgehead atoms. The number of aromatic amines is 1. The lowest BCUT2D eigenvalue weighted by Gasteiger charge is -2.33. The smallest absolute Gasteiger partial charge is 0.231 e. The number of anilines is 1. The average Bonchev–Trinajstić information content (AvgIpc) is 3.48. The predicted molar refractivity (Wildman–Crippen MR) is 153 cm³/mol. The summed E-state index contributed by atoms with van der Waals surface area (Å²) < 4.78 is 0. The molecule has 1 aromatic heterocycles. The number of aromatic hydroxyl groups is 1. The van der Waals surface area contributed by atoms with Crippen LogP contribution < -0.4 is 4.90 Å². The van der Waals surface area contributed by atoms with Crippen molar-refractivity contribution in [3.8, 4) is 5.88 Å². The van der Waals surface area contributed by atoms with Gasteiger partial charge in [-0.05, 0) is 43.8 Å². The van der Waals surface area contributed by atoms with E-state index < -0.39 is 0 Å². The van der Waals surface area contributed by atoms with Gasteiger partial charge in [-0.2, -0.15) is 0 Å². The minimum absolute atomic E-state index is 0.0608. The number of H-pyrrole nitrogens is 1. The van der Waals surface area contributed by atoms with Crippen LogP contribution in [0.5, 0.6) is 5.88 Å². The van der Waals surface area contributed by atoms with E-state index in [-0.39, 0.29) is 17.7 Å². The van der Waals surface area contributed by atoms with Gasteiger partial charge < -0.3 is 24.8 Å². The molecule has 1 atom stereocenters. The Morgan fingerprint density at radius 1 is 0.921 bits per heavy atom. The number of rotatable bonds is 6. The summed E-state index contributed by atoms with van der Waals surface area (Å²) in [5.74, 6) is 0.374. The number of hydrogen-bond donors (Lipinski definition) is 2. The first kappa shape index (κ1) is 24.4. The highest BCUT2D eigenvalue weighted by Gasteiger charge is 2.34. The van der Waals surface area contributed by atoms with Crippen LogP contribution in [-0.2, 0) is 4.79 Å². The Bertz CT molecular complexity index is 1450. The highest BCUT2D eigenvalue weighted by molar-refractivity contribution is 6.21. The van der Waals surface area contributed by atoms with E-state index in [2.05, 4.69) is 21.8 Å². The number of likely N-dealkylation sites (N-methyl/N-ethyl adjacent to an activating group) is 1. The number of aromatic nitrogens is 1. The molecule has 2 saturated heterocycles. The minimum Gasteiger partial charge on any atom is -0.494 e. The van der Waals surface area contributed by atoms with E-state index >= 15 is 0 Å². The SMILES string of the molecule is CN1CCN(CC2CCN(c3ccc(N=C(c4ccccc4)c4c(O)[nH]c5ccccc45)cc3)C2=O)CC1. The lowest BCUT2D eigenvalue weighted by Crippen LogP contribution is -2.47. The molecule has 4 aromatic rings. The van der Waals surface area contributed by atoms with Gasteiger partial charge in [-0.3, -0.25) is 4.79 Å². The molecule has 1 amide bonds. The topological polar surface area (TPSA) is 75.2 Å². The lowest BCUT2D eigenvalue weighted by molar-refractivity contribution is -0.121. The maximum atomic E-state index is 13.2. The van der Waals surface area contributed by atoms with Gasteiger partial charge in [0.2, 0.25) is 5.91 Å². The summed E-state index contributed by atoms with van der Waals surface area (Å²) in [5.41, 5.74) is 4.81. The normalized spacial score (nSPS) is 19.5. The van der Waals surface area contributed by atoms with Gasteiger partial charge >= 0.3 is 0 Å². The Balaban J connectivity index is 1.25. The second-order valence-corrected chi connectivity index (χ2v) is 10.3. The van der Waals surface area contributed by atoms with Gasteiger partial charge in [0, 0.05) is 61.4 Å². The van der Waals surface area contributed by atoms with Crippen molar-refractivity contribution in [1.29, 1.82) is 0 Å². The van der Waals surface area contributed by atoms with Crippen LogP contribution in [0.15, 0.2) is 83.9 Å². The zero-order chi connectivity index (χ0) is 26.1. The molecule has 2 fully saturated rings. The molecule has 194 valence electrons. The first-order chi connectivity index (χ1) is 18.6. The molecule has 0 spiro atoms. The summed E-state index contributed by atoms with van der Waals surface area (Å²) in [7, 11) is 2.15. The molecule has 0 saturated carbocycles. The summed E-state index contributed by atoms with van der Waals surface area (Å²) in [4.78, 5) is 28.0. The molecular weight excluding hydrogens is 474 g/mol. The zero-order valence-electron chi connectivity index (χ0n) is 21.7. The number of carbonyl (C=O) groups excluding carboxylic acids is 1. The van der Waals surface area contributed by atoms with Crippen LogP contribution in [-0.4, -0.2) is 77.8 Å². The van der Waals surface area contributed by atoms with Crippen LogP contribution in [0.1, 0.15) is 17.5 Å². The number of piperazine rings is 1. The number of fused-ring (bicyclic) bond motifs is 1. The van der Waals surface area contributed by atoms with Gasteiger partial charge in [0.1, 0.15) is 0 Å². The maximum absolute atomic E-state index is 13.2.